The van der Waals surface area contributed by atoms with Gasteiger partial charge in [-0.25, -0.2) is 0 Å². The molecule has 0 aliphatic rings. The molecular formula is C18H31ClN2O3. The molecule has 0 bridgehead atoms. The Kier molecular flexibility index (Phi) is 9.97. The van der Waals surface area contributed by atoms with Crippen molar-refractivity contribution in [2.24, 2.45) is 11.7 Å². The van der Waals surface area contributed by atoms with E-state index < -0.39 is 11.6 Å². The Morgan fingerprint density at radius 2 is 2.00 bits per heavy atom. The van der Waals surface area contributed by atoms with Crippen molar-refractivity contribution >= 4 is 18.3 Å². The number of carbonyl (C=O) groups excluding carboxylic acids is 1. The van der Waals surface area contributed by atoms with E-state index in [1.807, 2.05) is 31.2 Å². The Hall–Kier alpha value is -1.30. The van der Waals surface area contributed by atoms with Crippen LogP contribution in [0.3, 0.4) is 0 Å². The minimum Gasteiger partial charge on any atom is -0.497 e. The Morgan fingerprint density at radius 3 is 2.54 bits per heavy atom. The van der Waals surface area contributed by atoms with Gasteiger partial charge in [0.15, 0.2) is 0 Å². The van der Waals surface area contributed by atoms with Crippen LogP contribution in [0.15, 0.2) is 24.3 Å². The summed E-state index contributed by atoms with van der Waals surface area (Å²) in [6.07, 6.45) is 0.289. The second kappa shape index (κ2) is 10.5. The highest BCUT2D eigenvalue weighted by Crippen LogP contribution is 2.17. The molecule has 138 valence electrons. The largest absolute Gasteiger partial charge is 0.497 e. The first-order chi connectivity index (χ1) is 10.8. The Morgan fingerprint density at radius 1 is 1.33 bits per heavy atom. The molecule has 1 rings (SSSR count). The van der Waals surface area contributed by atoms with Gasteiger partial charge in [0.2, 0.25) is 5.91 Å². The average molecular weight is 359 g/mol. The molecule has 0 aromatic heterocycles. The van der Waals surface area contributed by atoms with Crippen molar-refractivity contribution < 1.29 is 14.3 Å². The van der Waals surface area contributed by atoms with Crippen LogP contribution >= 0.6 is 12.4 Å². The fourth-order valence-electron chi connectivity index (χ4n) is 2.54. The molecule has 1 aromatic carbocycles. The summed E-state index contributed by atoms with van der Waals surface area (Å²) in [5.41, 5.74) is 6.39. The smallest absolute Gasteiger partial charge is 0.249 e. The highest BCUT2D eigenvalue weighted by Gasteiger charge is 2.28. The molecule has 6 heteroatoms. The first kappa shape index (κ1) is 22.7. The lowest BCUT2D eigenvalue weighted by atomic mass is 9.90. The quantitative estimate of drug-likeness (QED) is 0.711. The average Bonchev–Trinajstić information content (AvgIpc) is 2.51. The van der Waals surface area contributed by atoms with Crippen molar-refractivity contribution in [3.63, 3.8) is 0 Å². The maximum Gasteiger partial charge on any atom is 0.249 e. The summed E-state index contributed by atoms with van der Waals surface area (Å²) in [7, 11) is 1.62. The predicted molar refractivity (Wildman–Crippen MR) is 99.6 cm³/mol. The molecule has 3 N–H and O–H groups in total. The zero-order valence-electron chi connectivity index (χ0n) is 15.3. The summed E-state index contributed by atoms with van der Waals surface area (Å²) in [5, 5.41) is 3.02. The topological polar surface area (TPSA) is 73.6 Å². The summed E-state index contributed by atoms with van der Waals surface area (Å²) in [4.78, 5) is 12.3. The van der Waals surface area contributed by atoms with Crippen molar-refractivity contribution in [1.82, 2.24) is 5.32 Å². The van der Waals surface area contributed by atoms with E-state index in [1.165, 1.54) is 0 Å². The maximum absolute atomic E-state index is 12.3. The molecule has 2 atom stereocenters. The fraction of sp³-hybridized carbons (Fsp3) is 0.611. The molecule has 1 aromatic rings. The lowest BCUT2D eigenvalue weighted by molar-refractivity contribution is -0.134. The predicted octanol–water partition coefficient (Wildman–Crippen LogP) is 2.90. The number of benzene rings is 1. The highest BCUT2D eigenvalue weighted by atomic mass is 35.5. The van der Waals surface area contributed by atoms with Crippen LogP contribution in [-0.2, 0) is 16.1 Å². The zero-order chi connectivity index (χ0) is 17.5. The summed E-state index contributed by atoms with van der Waals surface area (Å²) in [6, 6.07) is 7.61. The van der Waals surface area contributed by atoms with Crippen molar-refractivity contribution in [3.05, 3.63) is 29.8 Å². The summed E-state index contributed by atoms with van der Waals surface area (Å²) >= 11 is 0. The van der Waals surface area contributed by atoms with Crippen molar-refractivity contribution in [3.8, 4) is 5.75 Å². The van der Waals surface area contributed by atoms with Gasteiger partial charge in [-0.2, -0.15) is 0 Å². The second-order valence-corrected chi connectivity index (χ2v) is 6.66. The third-order valence-corrected chi connectivity index (χ3v) is 3.74. The van der Waals surface area contributed by atoms with Crippen LogP contribution in [0.2, 0.25) is 0 Å². The lowest BCUT2D eigenvalue weighted by Gasteiger charge is -2.32. The molecule has 0 saturated carbocycles. The van der Waals surface area contributed by atoms with Gasteiger partial charge in [-0.3, -0.25) is 4.79 Å². The van der Waals surface area contributed by atoms with Gasteiger partial charge in [-0.15, -0.1) is 12.4 Å². The zero-order valence-corrected chi connectivity index (χ0v) is 16.1. The third kappa shape index (κ3) is 7.51. The van der Waals surface area contributed by atoms with Crippen molar-refractivity contribution in [2.75, 3.05) is 13.7 Å². The van der Waals surface area contributed by atoms with Crippen LogP contribution < -0.4 is 15.8 Å². The van der Waals surface area contributed by atoms with E-state index in [2.05, 4.69) is 19.2 Å². The van der Waals surface area contributed by atoms with Gasteiger partial charge in [-0.1, -0.05) is 26.0 Å². The van der Waals surface area contributed by atoms with Gasteiger partial charge in [0.1, 0.15) is 11.9 Å². The SMILES string of the molecule is COc1cccc(COC(C)C(=O)NC(C)(CN)CC(C)C)c1.Cl. The number of rotatable bonds is 9. The van der Waals surface area contributed by atoms with Gasteiger partial charge < -0.3 is 20.5 Å². The first-order valence-electron chi connectivity index (χ1n) is 8.06. The van der Waals surface area contributed by atoms with E-state index in [0.29, 0.717) is 19.1 Å². The molecule has 5 nitrogen and oxygen atoms in total. The number of amides is 1. The number of hydrogen-bond acceptors (Lipinski definition) is 4. The van der Waals surface area contributed by atoms with E-state index in [0.717, 1.165) is 17.7 Å². The molecule has 0 fully saturated rings. The summed E-state index contributed by atoms with van der Waals surface area (Å²) in [6.45, 7) is 8.71. The number of ether oxygens (including phenoxy) is 2. The molecule has 0 spiro atoms. The van der Waals surface area contributed by atoms with E-state index in [4.69, 9.17) is 15.2 Å². The van der Waals surface area contributed by atoms with Crippen molar-refractivity contribution in [2.45, 2.75) is 52.4 Å². The molecule has 0 aliphatic heterocycles. The second-order valence-electron chi connectivity index (χ2n) is 6.66. The number of nitrogens with one attached hydrogen (secondary N) is 1. The minimum absolute atomic E-state index is 0. The van der Waals surface area contributed by atoms with Gasteiger partial charge in [0.25, 0.3) is 0 Å². The van der Waals surface area contributed by atoms with Gasteiger partial charge in [0, 0.05) is 12.1 Å². The molecule has 24 heavy (non-hydrogen) atoms. The lowest BCUT2D eigenvalue weighted by Crippen LogP contribution is -2.54. The molecule has 2 unspecified atom stereocenters. The molecule has 0 saturated heterocycles. The first-order valence-corrected chi connectivity index (χ1v) is 8.06. The van der Waals surface area contributed by atoms with E-state index in [-0.39, 0.29) is 18.3 Å². The maximum atomic E-state index is 12.3. The van der Waals surface area contributed by atoms with Crippen LogP contribution in [0.25, 0.3) is 0 Å². The highest BCUT2D eigenvalue weighted by molar-refractivity contribution is 5.85. The van der Waals surface area contributed by atoms with Gasteiger partial charge >= 0.3 is 0 Å². The number of carbonyl (C=O) groups is 1. The number of halogens is 1. The van der Waals surface area contributed by atoms with Crippen LogP contribution in [0.5, 0.6) is 5.75 Å². The van der Waals surface area contributed by atoms with Crippen molar-refractivity contribution in [1.29, 1.82) is 0 Å². The third-order valence-electron chi connectivity index (χ3n) is 3.74. The molecule has 0 aliphatic carbocycles. The monoisotopic (exact) mass is 358 g/mol. The van der Waals surface area contributed by atoms with Crippen LogP contribution in [0, 0.1) is 5.92 Å². The van der Waals surface area contributed by atoms with Gasteiger partial charge in [0.05, 0.1) is 13.7 Å². The molecule has 1 amide bonds. The molecular weight excluding hydrogens is 328 g/mol. The Labute approximate surface area is 151 Å². The van der Waals surface area contributed by atoms with Gasteiger partial charge in [-0.05, 0) is 43.9 Å². The van der Waals surface area contributed by atoms with Crippen LogP contribution in [0.1, 0.15) is 39.7 Å². The normalized spacial score (nSPS) is 14.5. The Bertz CT molecular complexity index is 511. The van der Waals surface area contributed by atoms with Crippen LogP contribution in [0.4, 0.5) is 0 Å². The number of nitrogens with two attached hydrogens (primary N) is 1. The molecule has 0 radical (unpaired) electrons. The fourth-order valence-corrected chi connectivity index (χ4v) is 2.54. The summed E-state index contributed by atoms with van der Waals surface area (Å²) < 4.78 is 10.9. The molecule has 0 heterocycles. The Balaban J connectivity index is 0.00000529. The standard InChI is InChI=1S/C18H30N2O3.ClH/c1-13(2)10-18(4,12-19)20-17(21)14(3)23-11-15-7-6-8-16(9-15)22-5;/h6-9,13-14H,10-12,19H2,1-5H3,(H,20,21);1H. The summed E-state index contributed by atoms with van der Waals surface area (Å²) in [5.74, 6) is 1.09. The van der Waals surface area contributed by atoms with E-state index in [1.54, 1.807) is 14.0 Å². The van der Waals surface area contributed by atoms with E-state index in [9.17, 15) is 4.79 Å². The number of hydrogen-bond donors (Lipinski definition) is 2. The number of methoxy groups -OCH3 is 1. The minimum atomic E-state index is -0.542. The van der Waals surface area contributed by atoms with E-state index >= 15 is 0 Å². The van der Waals surface area contributed by atoms with Crippen LogP contribution in [-0.4, -0.2) is 31.2 Å².